The van der Waals surface area contributed by atoms with Gasteiger partial charge in [-0.25, -0.2) is 13.5 Å². The molecule has 2 amide bonds. The van der Waals surface area contributed by atoms with Crippen LogP contribution in [0.3, 0.4) is 0 Å². The summed E-state index contributed by atoms with van der Waals surface area (Å²) in [6.07, 6.45) is -3.95. The van der Waals surface area contributed by atoms with Crippen molar-refractivity contribution in [3.8, 4) is 5.69 Å². The Labute approximate surface area is 219 Å². The molecule has 1 saturated carbocycles. The first-order valence-corrected chi connectivity index (χ1v) is 12.3. The van der Waals surface area contributed by atoms with Crippen molar-refractivity contribution in [1.29, 1.82) is 0 Å². The number of nitrogens with zero attached hydrogens (tertiary/aromatic N) is 3. The van der Waals surface area contributed by atoms with Crippen molar-refractivity contribution >= 4 is 28.4 Å². The number of halogens is 5. The maximum Gasteiger partial charge on any atom is 0.403 e. The number of hydrogen-bond acceptors (Lipinski definition) is 3. The minimum Gasteiger partial charge on any atom is -0.350 e. The third kappa shape index (κ3) is 4.21. The minimum absolute atomic E-state index is 0.228. The predicted octanol–water partition coefficient (Wildman–Crippen LogP) is 5.61. The van der Waals surface area contributed by atoms with Crippen LogP contribution in [-0.2, 0) is 9.59 Å². The first kappa shape index (κ1) is 25.0. The quantitative estimate of drug-likeness (QED) is 0.335. The van der Waals surface area contributed by atoms with Crippen molar-refractivity contribution in [2.45, 2.75) is 37.5 Å². The molecule has 11 heteroatoms. The number of alkyl halides is 3. The second kappa shape index (κ2) is 8.89. The Bertz CT molecular complexity index is 1580. The zero-order valence-electron chi connectivity index (χ0n) is 20.3. The highest BCUT2D eigenvalue weighted by Crippen LogP contribution is 2.58. The van der Waals surface area contributed by atoms with Crippen LogP contribution in [0.5, 0.6) is 0 Å². The average molecular weight is 540 g/mol. The molecule has 6 rings (SSSR count). The number of carbonyl (C=O) groups excluding carboxylic acids is 2. The molecule has 1 saturated heterocycles. The second-order valence-electron chi connectivity index (χ2n) is 9.90. The van der Waals surface area contributed by atoms with Gasteiger partial charge in [0.15, 0.2) is 0 Å². The standard InChI is InChI=1S/C28H21F5N4O2/c29-18-3-1-16(2-4-18)25-22(35-26(39)27(11-12-27)28(31,32)33)14-24(38)36(25)21-9-10-23-17(13-21)15-34-37(23)20-7-5-19(30)6-8-20/h1-10,13,15,22,25H,11-12,14H2,(H,35,39). The van der Waals surface area contributed by atoms with E-state index >= 15 is 0 Å². The lowest BCUT2D eigenvalue weighted by molar-refractivity contribution is -0.192. The number of aromatic nitrogens is 2. The van der Waals surface area contributed by atoms with E-state index in [1.165, 1.54) is 41.3 Å². The van der Waals surface area contributed by atoms with Gasteiger partial charge in [0, 0.05) is 17.5 Å². The molecule has 0 bridgehead atoms. The summed E-state index contributed by atoms with van der Waals surface area (Å²) in [5.41, 5.74) is -0.228. The van der Waals surface area contributed by atoms with Crippen LogP contribution in [0.4, 0.5) is 27.6 Å². The van der Waals surface area contributed by atoms with Crippen LogP contribution in [0.15, 0.2) is 72.9 Å². The summed E-state index contributed by atoms with van der Waals surface area (Å²) < 4.78 is 69.5. The molecule has 1 N–H and O–H groups in total. The molecule has 3 aromatic carbocycles. The molecule has 2 heterocycles. The highest BCUT2D eigenvalue weighted by Gasteiger charge is 2.68. The minimum atomic E-state index is -4.69. The summed E-state index contributed by atoms with van der Waals surface area (Å²) in [7, 11) is 0. The SMILES string of the molecule is O=C1CC(NC(=O)C2(C(F)(F)F)CC2)C(c2ccc(F)cc2)N1c1ccc2c(cnn2-c2ccc(F)cc2)c1. The third-order valence-electron chi connectivity index (χ3n) is 7.48. The zero-order chi connectivity index (χ0) is 27.5. The van der Waals surface area contributed by atoms with Gasteiger partial charge in [-0.2, -0.15) is 18.3 Å². The van der Waals surface area contributed by atoms with Crippen molar-refractivity contribution in [2.24, 2.45) is 5.41 Å². The Balaban J connectivity index is 1.37. The monoisotopic (exact) mass is 540 g/mol. The van der Waals surface area contributed by atoms with Crippen LogP contribution in [0.2, 0.25) is 0 Å². The Morgan fingerprint density at radius 3 is 2.15 bits per heavy atom. The predicted molar refractivity (Wildman–Crippen MR) is 132 cm³/mol. The number of nitrogens with one attached hydrogen (secondary N) is 1. The number of anilines is 1. The van der Waals surface area contributed by atoms with Crippen LogP contribution < -0.4 is 10.2 Å². The van der Waals surface area contributed by atoms with E-state index in [1.54, 1.807) is 41.2 Å². The van der Waals surface area contributed by atoms with Gasteiger partial charge >= 0.3 is 6.18 Å². The highest BCUT2D eigenvalue weighted by molar-refractivity contribution is 6.00. The molecule has 2 atom stereocenters. The molecular formula is C28H21F5N4O2. The van der Waals surface area contributed by atoms with E-state index in [0.717, 1.165) is 0 Å². The van der Waals surface area contributed by atoms with Crippen molar-refractivity contribution in [3.05, 3.63) is 90.1 Å². The van der Waals surface area contributed by atoms with Crippen LogP contribution in [0, 0.1) is 17.0 Å². The molecule has 4 aromatic rings. The molecule has 2 unspecified atom stereocenters. The Kier molecular flexibility index (Phi) is 5.70. The van der Waals surface area contributed by atoms with Crippen LogP contribution >= 0.6 is 0 Å². The molecule has 2 fully saturated rings. The fraction of sp³-hybridized carbons (Fsp3) is 0.250. The first-order valence-electron chi connectivity index (χ1n) is 12.3. The third-order valence-corrected chi connectivity index (χ3v) is 7.48. The lowest BCUT2D eigenvalue weighted by Crippen LogP contribution is -2.47. The lowest BCUT2D eigenvalue weighted by atomic mass is 9.97. The molecule has 200 valence electrons. The van der Waals surface area contributed by atoms with Gasteiger partial charge in [-0.3, -0.25) is 9.59 Å². The van der Waals surface area contributed by atoms with Gasteiger partial charge < -0.3 is 10.2 Å². The lowest BCUT2D eigenvalue weighted by Gasteiger charge is -2.30. The summed E-state index contributed by atoms with van der Waals surface area (Å²) in [4.78, 5) is 27.5. The number of rotatable bonds is 5. The number of carbonyl (C=O) groups is 2. The van der Waals surface area contributed by atoms with Crippen LogP contribution in [0.1, 0.15) is 30.9 Å². The molecule has 2 aliphatic rings. The molecular weight excluding hydrogens is 519 g/mol. The Morgan fingerprint density at radius 1 is 0.923 bits per heavy atom. The maximum absolute atomic E-state index is 13.7. The maximum atomic E-state index is 13.7. The van der Waals surface area contributed by atoms with Gasteiger partial charge in [-0.15, -0.1) is 0 Å². The zero-order valence-corrected chi connectivity index (χ0v) is 20.3. The number of hydrogen-bond donors (Lipinski definition) is 1. The molecule has 1 aliphatic heterocycles. The van der Waals surface area contributed by atoms with Crippen molar-refractivity contribution in [3.63, 3.8) is 0 Å². The van der Waals surface area contributed by atoms with E-state index in [2.05, 4.69) is 10.4 Å². The van der Waals surface area contributed by atoms with E-state index in [-0.39, 0.29) is 25.1 Å². The molecule has 0 radical (unpaired) electrons. The Hall–Kier alpha value is -4.28. The van der Waals surface area contributed by atoms with Gasteiger partial charge in [0.2, 0.25) is 11.8 Å². The topological polar surface area (TPSA) is 67.2 Å². The highest BCUT2D eigenvalue weighted by atomic mass is 19.4. The largest absolute Gasteiger partial charge is 0.403 e. The summed E-state index contributed by atoms with van der Waals surface area (Å²) >= 11 is 0. The van der Waals surface area contributed by atoms with Gasteiger partial charge in [-0.05, 0) is 73.0 Å². The normalized spacial score (nSPS) is 20.4. The summed E-state index contributed by atoms with van der Waals surface area (Å²) in [6.45, 7) is 0. The van der Waals surface area contributed by atoms with Crippen LogP contribution in [0.25, 0.3) is 16.6 Å². The van der Waals surface area contributed by atoms with E-state index < -0.39 is 41.3 Å². The van der Waals surface area contributed by atoms with E-state index in [9.17, 15) is 31.5 Å². The second-order valence-corrected chi connectivity index (χ2v) is 9.90. The van der Waals surface area contributed by atoms with Gasteiger partial charge in [0.25, 0.3) is 0 Å². The van der Waals surface area contributed by atoms with E-state index in [0.29, 0.717) is 27.8 Å². The fourth-order valence-electron chi connectivity index (χ4n) is 5.24. The molecule has 6 nitrogen and oxygen atoms in total. The molecule has 1 aliphatic carbocycles. The van der Waals surface area contributed by atoms with Crippen LogP contribution in [-0.4, -0.2) is 33.8 Å². The number of benzene rings is 3. The smallest absolute Gasteiger partial charge is 0.350 e. The van der Waals surface area contributed by atoms with Crippen molar-refractivity contribution < 1.29 is 31.5 Å². The summed E-state index contributed by atoms with van der Waals surface area (Å²) in [5.74, 6) is -2.46. The van der Waals surface area contributed by atoms with Gasteiger partial charge in [-0.1, -0.05) is 12.1 Å². The number of fused-ring (bicyclic) bond motifs is 1. The molecule has 39 heavy (non-hydrogen) atoms. The number of amides is 2. The first-order chi connectivity index (χ1) is 18.6. The van der Waals surface area contributed by atoms with Crippen molar-refractivity contribution in [1.82, 2.24) is 15.1 Å². The van der Waals surface area contributed by atoms with E-state index in [1.807, 2.05) is 0 Å². The van der Waals surface area contributed by atoms with E-state index in [4.69, 9.17) is 0 Å². The summed E-state index contributed by atoms with van der Waals surface area (Å²) in [5, 5.41) is 7.51. The average Bonchev–Trinajstić information content (AvgIpc) is 3.54. The Morgan fingerprint density at radius 2 is 1.54 bits per heavy atom. The molecule has 0 spiro atoms. The molecule has 1 aromatic heterocycles. The summed E-state index contributed by atoms with van der Waals surface area (Å²) in [6, 6.07) is 14.3. The fourth-order valence-corrected chi connectivity index (χ4v) is 5.24. The van der Waals surface area contributed by atoms with Crippen molar-refractivity contribution in [2.75, 3.05) is 4.90 Å². The van der Waals surface area contributed by atoms with Gasteiger partial charge in [0.05, 0.1) is 29.5 Å². The van der Waals surface area contributed by atoms with Gasteiger partial charge in [0.1, 0.15) is 17.0 Å².